The molecule has 1 aromatic heterocycles. The van der Waals surface area contributed by atoms with Gasteiger partial charge in [-0.05, 0) is 12.0 Å². The largest absolute Gasteiger partial charge is 0.480 e. The van der Waals surface area contributed by atoms with Crippen molar-refractivity contribution in [3.05, 3.63) is 23.9 Å². The van der Waals surface area contributed by atoms with Crippen molar-refractivity contribution in [2.24, 2.45) is 5.92 Å². The maximum Gasteiger partial charge on any atom is 0.472 e. The first-order valence-corrected chi connectivity index (χ1v) is 10.1. The van der Waals surface area contributed by atoms with Crippen LogP contribution in [0.5, 0.6) is 0 Å². The SMILES string of the molecule is CC(C)COC(=O)N(C)c1ncccc1CN(CC(=O)O)C(=O)OCOP(=O)(O)O. The number of aromatic nitrogens is 1. The van der Waals surface area contributed by atoms with Gasteiger partial charge in [-0.15, -0.1) is 0 Å². The molecule has 0 aromatic carbocycles. The molecule has 0 aliphatic carbocycles. The van der Waals surface area contributed by atoms with E-state index in [4.69, 9.17) is 19.6 Å². The van der Waals surface area contributed by atoms with E-state index in [0.717, 1.165) is 9.80 Å². The molecule has 2 amide bonds. The summed E-state index contributed by atoms with van der Waals surface area (Å²) in [5, 5.41) is 9.05. The van der Waals surface area contributed by atoms with E-state index in [1.165, 1.54) is 25.4 Å². The molecule has 0 radical (unpaired) electrons. The first-order valence-electron chi connectivity index (χ1n) is 8.58. The van der Waals surface area contributed by atoms with Crippen LogP contribution in [0.25, 0.3) is 0 Å². The molecule has 30 heavy (non-hydrogen) atoms. The molecule has 0 fully saturated rings. The third-order valence-electron chi connectivity index (χ3n) is 3.35. The summed E-state index contributed by atoms with van der Waals surface area (Å²) in [4.78, 5) is 58.6. The Labute approximate surface area is 172 Å². The van der Waals surface area contributed by atoms with Crippen LogP contribution >= 0.6 is 7.82 Å². The van der Waals surface area contributed by atoms with Crippen molar-refractivity contribution in [3.8, 4) is 0 Å². The fourth-order valence-electron chi connectivity index (χ4n) is 2.07. The summed E-state index contributed by atoms with van der Waals surface area (Å²) < 4.78 is 24.3. The number of hydrogen-bond acceptors (Lipinski definition) is 8. The van der Waals surface area contributed by atoms with Gasteiger partial charge in [-0.25, -0.2) is 23.7 Å². The van der Waals surface area contributed by atoms with E-state index in [0.29, 0.717) is 5.56 Å². The van der Waals surface area contributed by atoms with Gasteiger partial charge >= 0.3 is 26.0 Å². The number of hydrogen-bond donors (Lipinski definition) is 3. The lowest BCUT2D eigenvalue weighted by Crippen LogP contribution is -2.37. The molecule has 13 nitrogen and oxygen atoms in total. The zero-order valence-electron chi connectivity index (χ0n) is 16.6. The van der Waals surface area contributed by atoms with E-state index in [1.54, 1.807) is 0 Å². The molecule has 14 heteroatoms. The topological polar surface area (TPSA) is 176 Å². The zero-order chi connectivity index (χ0) is 22.9. The highest BCUT2D eigenvalue weighted by atomic mass is 31.2. The molecule has 0 unspecified atom stereocenters. The number of anilines is 1. The molecule has 3 N–H and O–H groups in total. The summed E-state index contributed by atoms with van der Waals surface area (Å²) in [5.41, 5.74) is 0.301. The normalized spacial score (nSPS) is 11.1. The quantitative estimate of drug-likeness (QED) is 0.347. The molecule has 0 atom stereocenters. The minimum atomic E-state index is -4.87. The number of phosphoric acid groups is 1. The highest BCUT2D eigenvalue weighted by Crippen LogP contribution is 2.35. The van der Waals surface area contributed by atoms with Crippen LogP contribution in [0.1, 0.15) is 19.4 Å². The van der Waals surface area contributed by atoms with Gasteiger partial charge in [0.05, 0.1) is 13.2 Å². The highest BCUT2D eigenvalue weighted by molar-refractivity contribution is 7.46. The molecule has 0 saturated heterocycles. The molecule has 0 aliphatic rings. The second-order valence-corrected chi connectivity index (χ2v) is 7.65. The molecule has 0 saturated carbocycles. The van der Waals surface area contributed by atoms with Gasteiger partial charge in [0.2, 0.25) is 6.79 Å². The number of rotatable bonds is 10. The van der Waals surface area contributed by atoms with E-state index in [-0.39, 0.29) is 24.9 Å². The number of amides is 2. The fraction of sp³-hybridized carbons (Fsp3) is 0.500. The van der Waals surface area contributed by atoms with Crippen LogP contribution in [-0.4, -0.2) is 69.9 Å². The number of phosphoric ester groups is 1. The van der Waals surface area contributed by atoms with Gasteiger partial charge in [0, 0.05) is 18.8 Å². The lowest BCUT2D eigenvalue weighted by Gasteiger charge is -2.24. The second-order valence-electron chi connectivity index (χ2n) is 6.41. The predicted octanol–water partition coefficient (Wildman–Crippen LogP) is 1.40. The van der Waals surface area contributed by atoms with Crippen LogP contribution in [-0.2, 0) is 29.9 Å². The summed E-state index contributed by atoms with van der Waals surface area (Å²) in [7, 11) is -3.47. The van der Waals surface area contributed by atoms with E-state index < -0.39 is 39.3 Å². The lowest BCUT2D eigenvalue weighted by atomic mass is 10.2. The maximum absolute atomic E-state index is 12.2. The van der Waals surface area contributed by atoms with Crippen molar-refractivity contribution in [3.63, 3.8) is 0 Å². The summed E-state index contributed by atoms with van der Waals surface area (Å²) >= 11 is 0. The number of carboxylic acid groups (broad SMARTS) is 1. The van der Waals surface area contributed by atoms with Crippen LogP contribution in [0.2, 0.25) is 0 Å². The first-order chi connectivity index (χ1) is 13.9. The van der Waals surface area contributed by atoms with Gasteiger partial charge in [-0.1, -0.05) is 19.9 Å². The third-order valence-corrected chi connectivity index (χ3v) is 3.79. The van der Waals surface area contributed by atoms with Crippen molar-refractivity contribution in [2.75, 3.05) is 31.9 Å². The van der Waals surface area contributed by atoms with Crippen molar-refractivity contribution in [1.82, 2.24) is 9.88 Å². The van der Waals surface area contributed by atoms with Crippen LogP contribution in [0.15, 0.2) is 18.3 Å². The van der Waals surface area contributed by atoms with Gasteiger partial charge in [0.15, 0.2) is 0 Å². The van der Waals surface area contributed by atoms with Crippen molar-refractivity contribution < 1.29 is 47.8 Å². The molecule has 0 aliphatic heterocycles. The average molecular weight is 449 g/mol. The molecule has 0 bridgehead atoms. The molecule has 168 valence electrons. The Balaban J connectivity index is 2.96. The Bertz CT molecular complexity index is 797. The Morgan fingerprint density at radius 2 is 1.87 bits per heavy atom. The van der Waals surface area contributed by atoms with Gasteiger partial charge in [-0.2, -0.15) is 0 Å². The van der Waals surface area contributed by atoms with Crippen molar-refractivity contribution >= 4 is 31.8 Å². The second kappa shape index (κ2) is 11.5. The number of pyridine rings is 1. The summed E-state index contributed by atoms with van der Waals surface area (Å²) in [6.45, 7) is 1.72. The van der Waals surface area contributed by atoms with Crippen LogP contribution in [0.4, 0.5) is 15.4 Å². The number of nitrogens with zero attached hydrogens (tertiary/aromatic N) is 3. The number of carboxylic acids is 1. The average Bonchev–Trinajstić information content (AvgIpc) is 2.63. The monoisotopic (exact) mass is 449 g/mol. The predicted molar refractivity (Wildman–Crippen MR) is 101 cm³/mol. The van der Waals surface area contributed by atoms with Gasteiger partial charge in [0.1, 0.15) is 12.4 Å². The van der Waals surface area contributed by atoms with E-state index >= 15 is 0 Å². The van der Waals surface area contributed by atoms with E-state index in [1.807, 2.05) is 13.8 Å². The molecule has 1 heterocycles. The Hall–Kier alpha value is -2.73. The highest BCUT2D eigenvalue weighted by Gasteiger charge is 2.24. The molecule has 0 spiro atoms. The number of aliphatic carboxylic acids is 1. The standard InChI is InChI=1S/C16H24N3O10P/c1-11(2)9-27-15(22)18(3)14-12(5-4-6-17-14)7-19(8-13(20)21)16(23)28-10-29-30(24,25)26/h4-6,11H,7-10H2,1-3H3,(H,20,21)(H2,24,25,26). The molecule has 1 aromatic rings. The van der Waals surface area contributed by atoms with E-state index in [9.17, 15) is 18.9 Å². The Morgan fingerprint density at radius 3 is 2.43 bits per heavy atom. The van der Waals surface area contributed by atoms with Crippen LogP contribution in [0.3, 0.4) is 0 Å². The lowest BCUT2D eigenvalue weighted by molar-refractivity contribution is -0.138. The maximum atomic E-state index is 12.2. The third kappa shape index (κ3) is 9.18. The van der Waals surface area contributed by atoms with E-state index in [2.05, 4.69) is 14.2 Å². The Kier molecular flexibility index (Phi) is 9.66. The number of carbonyl (C=O) groups excluding carboxylic acids is 2. The van der Waals surface area contributed by atoms with Crippen LogP contribution < -0.4 is 4.90 Å². The molecule has 1 rings (SSSR count). The smallest absolute Gasteiger partial charge is 0.472 e. The minimum Gasteiger partial charge on any atom is -0.480 e. The van der Waals surface area contributed by atoms with Gasteiger partial charge < -0.3 is 24.4 Å². The van der Waals surface area contributed by atoms with Gasteiger partial charge in [0.25, 0.3) is 0 Å². The number of ether oxygens (including phenoxy) is 2. The summed E-state index contributed by atoms with van der Waals surface area (Å²) in [5.74, 6) is -1.12. The fourth-order valence-corrected chi connectivity index (χ4v) is 2.26. The minimum absolute atomic E-state index is 0.113. The molecular weight excluding hydrogens is 425 g/mol. The van der Waals surface area contributed by atoms with Crippen LogP contribution in [0, 0.1) is 5.92 Å². The Morgan fingerprint density at radius 1 is 1.20 bits per heavy atom. The summed E-state index contributed by atoms with van der Waals surface area (Å²) in [6, 6.07) is 3.04. The zero-order valence-corrected chi connectivity index (χ0v) is 17.5. The molecular formula is C16H24N3O10P. The summed E-state index contributed by atoms with van der Waals surface area (Å²) in [6.07, 6.45) is -0.490. The number of carbonyl (C=O) groups is 3. The van der Waals surface area contributed by atoms with Crippen molar-refractivity contribution in [1.29, 1.82) is 0 Å². The van der Waals surface area contributed by atoms with Crippen molar-refractivity contribution in [2.45, 2.75) is 20.4 Å². The van der Waals surface area contributed by atoms with Gasteiger partial charge in [-0.3, -0.25) is 14.6 Å². The first kappa shape index (κ1) is 25.3.